The van der Waals surface area contributed by atoms with E-state index in [-0.39, 0.29) is 17.3 Å². The fraction of sp³-hybridized carbons (Fsp3) is 0.125. The molecule has 2 aromatic carbocycles. The summed E-state index contributed by atoms with van der Waals surface area (Å²) in [6.45, 7) is 0. The van der Waals surface area contributed by atoms with E-state index in [1.54, 1.807) is 19.2 Å². The number of ether oxygens (including phenoxy) is 1. The largest absolute Gasteiger partial charge is 0.497 e. The topological polar surface area (TPSA) is 67.0 Å². The molecule has 7 heteroatoms. The number of aromatic nitrogens is 2. The minimum atomic E-state index is -0.457. The number of thioether (sulfide) groups is 1. The summed E-state index contributed by atoms with van der Waals surface area (Å²) in [6, 6.07) is 11.6. The molecule has 0 aliphatic heterocycles. The quantitative estimate of drug-likeness (QED) is 0.703. The van der Waals surface area contributed by atoms with Gasteiger partial charge < -0.3 is 15.0 Å². The fourth-order valence-corrected chi connectivity index (χ4v) is 2.73. The Kier molecular flexibility index (Phi) is 4.47. The van der Waals surface area contributed by atoms with Crippen molar-refractivity contribution in [2.24, 2.45) is 0 Å². The van der Waals surface area contributed by atoms with Gasteiger partial charge in [0.05, 0.1) is 29.6 Å². The molecule has 3 rings (SSSR count). The summed E-state index contributed by atoms with van der Waals surface area (Å²) in [5.74, 6) is 0.112. The first-order valence-corrected chi connectivity index (χ1v) is 7.85. The Labute approximate surface area is 136 Å². The lowest BCUT2D eigenvalue weighted by Crippen LogP contribution is -2.15. The highest BCUT2D eigenvalue weighted by Crippen LogP contribution is 2.23. The first-order valence-electron chi connectivity index (χ1n) is 6.86. The molecule has 1 heterocycles. The van der Waals surface area contributed by atoms with Crippen LogP contribution in [0.2, 0.25) is 0 Å². The molecule has 2 N–H and O–H groups in total. The molecule has 1 amide bonds. The van der Waals surface area contributed by atoms with Gasteiger partial charge in [-0.3, -0.25) is 4.79 Å². The van der Waals surface area contributed by atoms with Gasteiger partial charge >= 0.3 is 0 Å². The van der Waals surface area contributed by atoms with Crippen LogP contribution in [-0.2, 0) is 4.79 Å². The molecule has 0 saturated carbocycles. The van der Waals surface area contributed by atoms with Gasteiger partial charge in [0, 0.05) is 6.07 Å². The van der Waals surface area contributed by atoms with E-state index in [2.05, 4.69) is 15.3 Å². The number of H-pyrrole nitrogens is 1. The minimum Gasteiger partial charge on any atom is -0.497 e. The minimum absolute atomic E-state index is 0.130. The predicted molar refractivity (Wildman–Crippen MR) is 88.4 cm³/mol. The standard InChI is InChI=1S/C16H14FN3O2S/c1-22-10-6-7-13-14(8-10)20-16(19-13)23-9-15(21)18-12-5-3-2-4-11(12)17/h2-8H,9H2,1H3,(H,18,21)(H,19,20). The van der Waals surface area contributed by atoms with Crippen LogP contribution < -0.4 is 10.1 Å². The van der Waals surface area contributed by atoms with Crippen LogP contribution in [-0.4, -0.2) is 28.7 Å². The molecule has 0 atom stereocenters. The van der Waals surface area contributed by atoms with Crippen molar-refractivity contribution in [1.82, 2.24) is 9.97 Å². The number of para-hydroxylation sites is 1. The Morgan fingerprint density at radius 3 is 2.96 bits per heavy atom. The molecular formula is C16H14FN3O2S. The first-order chi connectivity index (χ1) is 11.2. The van der Waals surface area contributed by atoms with E-state index in [4.69, 9.17) is 4.74 Å². The molecule has 0 saturated heterocycles. The lowest BCUT2D eigenvalue weighted by molar-refractivity contribution is -0.113. The number of aromatic amines is 1. The van der Waals surface area contributed by atoms with Gasteiger partial charge in [-0.2, -0.15) is 0 Å². The average molecular weight is 331 g/mol. The molecule has 1 aromatic heterocycles. The number of nitrogens with zero attached hydrogens (tertiary/aromatic N) is 1. The highest BCUT2D eigenvalue weighted by molar-refractivity contribution is 7.99. The summed E-state index contributed by atoms with van der Waals surface area (Å²) in [5, 5.41) is 3.16. The third-order valence-corrected chi connectivity index (χ3v) is 4.03. The summed E-state index contributed by atoms with van der Waals surface area (Å²) in [6.07, 6.45) is 0. The molecule has 0 fully saturated rings. The van der Waals surface area contributed by atoms with Crippen molar-refractivity contribution in [2.75, 3.05) is 18.2 Å². The zero-order valence-electron chi connectivity index (χ0n) is 12.3. The van der Waals surface area contributed by atoms with Gasteiger partial charge in [-0.15, -0.1) is 0 Å². The number of hydrogen-bond acceptors (Lipinski definition) is 4. The second-order valence-electron chi connectivity index (χ2n) is 4.74. The number of imidazole rings is 1. The number of amides is 1. The van der Waals surface area contributed by atoms with Gasteiger partial charge in [-0.05, 0) is 24.3 Å². The molecule has 5 nitrogen and oxygen atoms in total. The van der Waals surface area contributed by atoms with E-state index in [0.29, 0.717) is 5.16 Å². The molecule has 0 bridgehead atoms. The lowest BCUT2D eigenvalue weighted by atomic mass is 10.3. The summed E-state index contributed by atoms with van der Waals surface area (Å²) >= 11 is 1.25. The van der Waals surface area contributed by atoms with Crippen molar-refractivity contribution in [1.29, 1.82) is 0 Å². The van der Waals surface area contributed by atoms with E-state index < -0.39 is 5.82 Å². The van der Waals surface area contributed by atoms with Crippen molar-refractivity contribution in [3.63, 3.8) is 0 Å². The van der Waals surface area contributed by atoms with Crippen molar-refractivity contribution in [3.05, 3.63) is 48.3 Å². The monoisotopic (exact) mass is 331 g/mol. The first kappa shape index (κ1) is 15.4. The summed E-state index contributed by atoms with van der Waals surface area (Å²) < 4.78 is 18.6. The molecule has 23 heavy (non-hydrogen) atoms. The summed E-state index contributed by atoms with van der Waals surface area (Å²) in [5.41, 5.74) is 1.80. The number of halogens is 1. The van der Waals surface area contributed by atoms with Gasteiger partial charge in [0.2, 0.25) is 5.91 Å². The third kappa shape index (κ3) is 3.62. The van der Waals surface area contributed by atoms with E-state index in [0.717, 1.165) is 16.8 Å². The normalized spacial score (nSPS) is 10.7. The number of rotatable bonds is 5. The fourth-order valence-electron chi connectivity index (χ4n) is 2.04. The number of benzene rings is 2. The number of hydrogen-bond donors (Lipinski definition) is 2. The zero-order chi connectivity index (χ0) is 16.2. The lowest BCUT2D eigenvalue weighted by Gasteiger charge is -2.04. The number of carbonyl (C=O) groups excluding carboxylic acids is 1. The van der Waals surface area contributed by atoms with Crippen LogP contribution in [0.5, 0.6) is 5.75 Å². The number of fused-ring (bicyclic) bond motifs is 1. The second-order valence-corrected chi connectivity index (χ2v) is 5.71. The maximum atomic E-state index is 13.5. The van der Waals surface area contributed by atoms with Crippen LogP contribution in [0.25, 0.3) is 11.0 Å². The van der Waals surface area contributed by atoms with Crippen LogP contribution in [0, 0.1) is 5.82 Å². The molecule has 118 valence electrons. The molecule has 0 unspecified atom stereocenters. The Hall–Kier alpha value is -2.54. The van der Waals surface area contributed by atoms with Crippen molar-refractivity contribution in [2.45, 2.75) is 5.16 Å². The Morgan fingerprint density at radius 1 is 1.35 bits per heavy atom. The van der Waals surface area contributed by atoms with Crippen molar-refractivity contribution in [3.8, 4) is 5.75 Å². The van der Waals surface area contributed by atoms with Crippen LogP contribution in [0.15, 0.2) is 47.6 Å². The Morgan fingerprint density at radius 2 is 2.17 bits per heavy atom. The van der Waals surface area contributed by atoms with Gasteiger partial charge in [0.25, 0.3) is 0 Å². The SMILES string of the molecule is COc1ccc2nc(SCC(=O)Nc3ccccc3F)[nH]c2c1. The molecule has 3 aromatic rings. The zero-order valence-corrected chi connectivity index (χ0v) is 13.1. The number of nitrogens with one attached hydrogen (secondary N) is 2. The van der Waals surface area contributed by atoms with Crippen molar-refractivity contribution >= 4 is 34.4 Å². The maximum absolute atomic E-state index is 13.5. The Bertz CT molecular complexity index is 850. The average Bonchev–Trinajstić information content (AvgIpc) is 2.97. The molecule has 0 aliphatic carbocycles. The maximum Gasteiger partial charge on any atom is 0.234 e. The van der Waals surface area contributed by atoms with Gasteiger partial charge in [0.1, 0.15) is 11.6 Å². The molecule has 0 spiro atoms. The van der Waals surface area contributed by atoms with Crippen LogP contribution in [0.3, 0.4) is 0 Å². The number of anilines is 1. The predicted octanol–water partition coefficient (Wildman–Crippen LogP) is 3.44. The van der Waals surface area contributed by atoms with Gasteiger partial charge in [-0.25, -0.2) is 9.37 Å². The number of methoxy groups -OCH3 is 1. The highest BCUT2D eigenvalue weighted by Gasteiger charge is 2.09. The van der Waals surface area contributed by atoms with Gasteiger partial charge in [-0.1, -0.05) is 23.9 Å². The molecule has 0 aliphatic rings. The Balaban J connectivity index is 1.64. The highest BCUT2D eigenvalue weighted by atomic mass is 32.2. The summed E-state index contributed by atoms with van der Waals surface area (Å²) in [4.78, 5) is 19.4. The molecular weight excluding hydrogens is 317 g/mol. The van der Waals surface area contributed by atoms with E-state index >= 15 is 0 Å². The van der Waals surface area contributed by atoms with E-state index in [9.17, 15) is 9.18 Å². The van der Waals surface area contributed by atoms with E-state index in [1.165, 1.54) is 23.9 Å². The van der Waals surface area contributed by atoms with Crippen molar-refractivity contribution < 1.29 is 13.9 Å². The van der Waals surface area contributed by atoms with Crippen LogP contribution >= 0.6 is 11.8 Å². The van der Waals surface area contributed by atoms with Crippen LogP contribution in [0.4, 0.5) is 10.1 Å². The molecule has 0 radical (unpaired) electrons. The van der Waals surface area contributed by atoms with Gasteiger partial charge in [0.15, 0.2) is 5.16 Å². The third-order valence-electron chi connectivity index (χ3n) is 3.16. The second kappa shape index (κ2) is 6.70. The summed E-state index contributed by atoms with van der Waals surface area (Å²) in [7, 11) is 1.60. The smallest absolute Gasteiger partial charge is 0.234 e. The number of carbonyl (C=O) groups is 1. The van der Waals surface area contributed by atoms with Crippen LogP contribution in [0.1, 0.15) is 0 Å². The van der Waals surface area contributed by atoms with E-state index in [1.807, 2.05) is 18.2 Å².